The maximum Gasteiger partial charge on any atom is 0.317 e. The minimum absolute atomic E-state index is 0.00742. The molecular formula is C25H34N4O3. The van der Waals surface area contributed by atoms with Crippen LogP contribution in [0.25, 0.3) is 0 Å². The fourth-order valence-electron chi connectivity index (χ4n) is 4.66. The molecule has 1 aromatic carbocycles. The largest absolute Gasteiger partial charge is 0.459 e. The molecule has 2 N–H and O–H groups in total. The van der Waals surface area contributed by atoms with E-state index in [0.717, 1.165) is 37.5 Å². The number of urea groups is 1. The summed E-state index contributed by atoms with van der Waals surface area (Å²) in [5, 5.41) is 5.87. The molecule has 7 heteroatoms. The maximum atomic E-state index is 12.8. The van der Waals surface area contributed by atoms with Crippen LogP contribution in [-0.2, 0) is 6.54 Å². The van der Waals surface area contributed by atoms with Gasteiger partial charge in [0.15, 0.2) is 5.76 Å². The fourth-order valence-corrected chi connectivity index (χ4v) is 4.66. The number of furan rings is 1. The van der Waals surface area contributed by atoms with Gasteiger partial charge in [0.2, 0.25) is 0 Å². The molecule has 0 bridgehead atoms. The Kier molecular flexibility index (Phi) is 7.47. The quantitative estimate of drug-likeness (QED) is 0.709. The number of carbonyl (C=O) groups excluding carboxylic acids is 2. The third-order valence-electron chi connectivity index (χ3n) is 6.57. The number of hydrogen-bond donors (Lipinski definition) is 2. The van der Waals surface area contributed by atoms with Gasteiger partial charge in [0.25, 0.3) is 5.91 Å². The van der Waals surface area contributed by atoms with Crippen LogP contribution in [-0.4, -0.2) is 54.5 Å². The van der Waals surface area contributed by atoms with Crippen LogP contribution in [0.3, 0.4) is 0 Å². The van der Waals surface area contributed by atoms with Crippen LogP contribution in [0.4, 0.5) is 10.5 Å². The molecule has 2 fully saturated rings. The first-order valence-corrected chi connectivity index (χ1v) is 11.8. The van der Waals surface area contributed by atoms with Gasteiger partial charge in [-0.1, -0.05) is 19.1 Å². The van der Waals surface area contributed by atoms with E-state index in [4.69, 9.17) is 4.42 Å². The van der Waals surface area contributed by atoms with Gasteiger partial charge in [-0.05, 0) is 80.4 Å². The average molecular weight is 439 g/mol. The Bertz CT molecular complexity index is 890. The number of likely N-dealkylation sites (tertiary alicyclic amines) is 2. The summed E-state index contributed by atoms with van der Waals surface area (Å²) >= 11 is 0. The van der Waals surface area contributed by atoms with Crippen molar-refractivity contribution < 1.29 is 14.0 Å². The molecule has 2 aliphatic rings. The van der Waals surface area contributed by atoms with Crippen LogP contribution in [0.2, 0.25) is 0 Å². The van der Waals surface area contributed by atoms with Crippen LogP contribution in [0, 0.1) is 11.8 Å². The molecule has 1 aromatic heterocycles. The summed E-state index contributed by atoms with van der Waals surface area (Å²) in [4.78, 5) is 29.5. The van der Waals surface area contributed by atoms with Crippen molar-refractivity contribution in [2.45, 2.75) is 39.2 Å². The second-order valence-electron chi connectivity index (χ2n) is 9.23. The Labute approximate surface area is 190 Å². The van der Waals surface area contributed by atoms with Crippen LogP contribution in [0.15, 0.2) is 47.1 Å². The van der Waals surface area contributed by atoms with E-state index in [-0.39, 0.29) is 17.7 Å². The average Bonchev–Trinajstić information content (AvgIpc) is 3.35. The number of piperidine rings is 2. The number of rotatable bonds is 6. The Morgan fingerprint density at radius 3 is 2.72 bits per heavy atom. The monoisotopic (exact) mass is 438 g/mol. The van der Waals surface area contributed by atoms with E-state index in [1.165, 1.54) is 38.6 Å². The van der Waals surface area contributed by atoms with Gasteiger partial charge < -0.3 is 24.9 Å². The molecule has 172 valence electrons. The van der Waals surface area contributed by atoms with E-state index in [1.54, 1.807) is 12.1 Å². The first-order chi connectivity index (χ1) is 15.6. The Morgan fingerprint density at radius 2 is 1.94 bits per heavy atom. The van der Waals surface area contributed by atoms with Gasteiger partial charge >= 0.3 is 6.03 Å². The van der Waals surface area contributed by atoms with Crippen molar-refractivity contribution >= 4 is 17.6 Å². The first-order valence-electron chi connectivity index (χ1n) is 11.8. The zero-order valence-electron chi connectivity index (χ0n) is 18.9. The van der Waals surface area contributed by atoms with Crippen molar-refractivity contribution in [3.8, 4) is 0 Å². The molecule has 0 aliphatic carbocycles. The van der Waals surface area contributed by atoms with Crippen LogP contribution in [0.1, 0.15) is 48.7 Å². The number of anilines is 1. The van der Waals surface area contributed by atoms with Gasteiger partial charge in [-0.3, -0.25) is 4.79 Å². The summed E-state index contributed by atoms with van der Waals surface area (Å²) < 4.78 is 5.13. The normalized spacial score (nSPS) is 20.2. The molecular weight excluding hydrogens is 404 g/mol. The SMILES string of the molecule is CC1CCN(CC2CCCN(C(=O)NCc3cccc(NC(=O)c4ccco4)c3)C2)CC1. The van der Waals surface area contributed by atoms with Crippen molar-refractivity contribution in [3.63, 3.8) is 0 Å². The van der Waals surface area contributed by atoms with Crippen molar-refractivity contribution in [1.29, 1.82) is 0 Å². The van der Waals surface area contributed by atoms with Gasteiger partial charge in [-0.2, -0.15) is 0 Å². The molecule has 3 heterocycles. The van der Waals surface area contributed by atoms with E-state index in [2.05, 4.69) is 22.5 Å². The fraction of sp³-hybridized carbons (Fsp3) is 0.520. The van der Waals surface area contributed by atoms with Gasteiger partial charge in [0.05, 0.1) is 6.26 Å². The molecule has 3 amide bonds. The minimum Gasteiger partial charge on any atom is -0.459 e. The molecule has 32 heavy (non-hydrogen) atoms. The molecule has 0 saturated carbocycles. The Hall–Kier alpha value is -2.80. The summed E-state index contributed by atoms with van der Waals surface area (Å²) in [6.45, 7) is 7.90. The number of benzene rings is 1. The lowest BCUT2D eigenvalue weighted by Crippen LogP contribution is -2.48. The van der Waals surface area contributed by atoms with Gasteiger partial charge in [-0.25, -0.2) is 4.79 Å². The Morgan fingerprint density at radius 1 is 1.09 bits per heavy atom. The van der Waals surface area contributed by atoms with Crippen LogP contribution >= 0.6 is 0 Å². The molecule has 1 unspecified atom stereocenters. The van der Waals surface area contributed by atoms with E-state index in [9.17, 15) is 9.59 Å². The molecule has 2 aromatic rings. The van der Waals surface area contributed by atoms with Gasteiger partial charge in [0.1, 0.15) is 0 Å². The number of carbonyl (C=O) groups is 2. The molecule has 7 nitrogen and oxygen atoms in total. The number of amides is 3. The van der Waals surface area contributed by atoms with E-state index < -0.39 is 0 Å². The van der Waals surface area contributed by atoms with Crippen LogP contribution in [0.5, 0.6) is 0 Å². The summed E-state index contributed by atoms with van der Waals surface area (Å²) in [7, 11) is 0. The summed E-state index contributed by atoms with van der Waals surface area (Å²) in [5.74, 6) is 1.38. The Balaban J connectivity index is 1.24. The molecule has 1 atom stereocenters. The van der Waals surface area contributed by atoms with E-state index >= 15 is 0 Å². The molecule has 0 spiro atoms. The minimum atomic E-state index is -0.293. The third-order valence-corrected chi connectivity index (χ3v) is 6.57. The van der Waals surface area contributed by atoms with Crippen molar-refractivity contribution in [1.82, 2.24) is 15.1 Å². The zero-order chi connectivity index (χ0) is 22.3. The smallest absolute Gasteiger partial charge is 0.317 e. The standard InChI is InChI=1S/C25H34N4O3/c1-19-9-12-28(13-10-19)17-21-6-3-11-29(18-21)25(31)26-16-20-5-2-7-22(15-20)27-24(30)23-8-4-14-32-23/h2,4-5,7-8,14-15,19,21H,3,6,9-13,16-18H2,1H3,(H,26,31)(H,27,30). The highest BCUT2D eigenvalue weighted by molar-refractivity contribution is 6.02. The molecule has 2 aliphatic heterocycles. The van der Waals surface area contributed by atoms with Crippen molar-refractivity contribution in [3.05, 3.63) is 54.0 Å². The zero-order valence-corrected chi connectivity index (χ0v) is 18.9. The highest BCUT2D eigenvalue weighted by Crippen LogP contribution is 2.22. The van der Waals surface area contributed by atoms with Crippen molar-refractivity contribution in [2.75, 3.05) is 38.0 Å². The highest BCUT2D eigenvalue weighted by atomic mass is 16.3. The van der Waals surface area contributed by atoms with Gasteiger partial charge in [0, 0.05) is 31.9 Å². The van der Waals surface area contributed by atoms with Crippen molar-refractivity contribution in [2.24, 2.45) is 11.8 Å². The third kappa shape index (κ3) is 6.13. The van der Waals surface area contributed by atoms with E-state index in [0.29, 0.717) is 18.2 Å². The lowest BCUT2D eigenvalue weighted by Gasteiger charge is -2.37. The first kappa shape index (κ1) is 22.4. The summed E-state index contributed by atoms with van der Waals surface area (Å²) in [6, 6.07) is 10.8. The second kappa shape index (κ2) is 10.7. The predicted octanol–water partition coefficient (Wildman–Crippen LogP) is 4.19. The maximum absolute atomic E-state index is 12.8. The topological polar surface area (TPSA) is 77.8 Å². The van der Waals surface area contributed by atoms with E-state index in [1.807, 2.05) is 29.2 Å². The highest BCUT2D eigenvalue weighted by Gasteiger charge is 2.26. The molecule has 2 saturated heterocycles. The summed E-state index contributed by atoms with van der Waals surface area (Å²) in [6.07, 6.45) is 6.32. The van der Waals surface area contributed by atoms with Crippen LogP contribution < -0.4 is 10.6 Å². The molecule has 4 rings (SSSR count). The summed E-state index contributed by atoms with van der Waals surface area (Å²) in [5.41, 5.74) is 1.61. The van der Waals surface area contributed by atoms with Gasteiger partial charge in [-0.15, -0.1) is 0 Å². The lowest BCUT2D eigenvalue weighted by molar-refractivity contribution is 0.0996. The molecule has 0 radical (unpaired) electrons. The lowest BCUT2D eigenvalue weighted by atomic mass is 9.94. The number of nitrogens with zero attached hydrogens (tertiary/aromatic N) is 2. The second-order valence-corrected chi connectivity index (χ2v) is 9.23. The number of hydrogen-bond acceptors (Lipinski definition) is 4. The number of nitrogens with one attached hydrogen (secondary N) is 2. The predicted molar refractivity (Wildman–Crippen MR) is 124 cm³/mol.